The monoisotopic (exact) mass is 399 g/mol. The van der Waals surface area contributed by atoms with Gasteiger partial charge in [0.05, 0.1) is 24.5 Å². The van der Waals surface area contributed by atoms with Crippen LogP contribution in [0.3, 0.4) is 0 Å². The molecule has 0 radical (unpaired) electrons. The Morgan fingerprint density at radius 2 is 2.19 bits per heavy atom. The predicted molar refractivity (Wildman–Crippen MR) is 93.4 cm³/mol. The van der Waals surface area contributed by atoms with E-state index < -0.39 is 30.7 Å². The van der Waals surface area contributed by atoms with E-state index in [4.69, 9.17) is 4.42 Å². The second kappa shape index (κ2) is 7.55. The fourth-order valence-corrected chi connectivity index (χ4v) is 3.51. The van der Waals surface area contributed by atoms with Gasteiger partial charge in [-0.15, -0.1) is 11.3 Å². The zero-order valence-corrected chi connectivity index (χ0v) is 15.1. The molecule has 3 heterocycles. The molecular weight excluding hydrogens is 383 g/mol. The molecule has 3 rings (SSSR count). The van der Waals surface area contributed by atoms with Crippen LogP contribution in [0.1, 0.15) is 17.6 Å². The van der Waals surface area contributed by atoms with Crippen LogP contribution >= 0.6 is 11.3 Å². The lowest BCUT2D eigenvalue weighted by Crippen LogP contribution is -2.41. The van der Waals surface area contributed by atoms with Gasteiger partial charge < -0.3 is 9.32 Å². The number of carbonyl (C=O) groups excluding carboxylic acids is 1. The van der Waals surface area contributed by atoms with Crippen molar-refractivity contribution in [1.82, 2.24) is 14.5 Å². The number of rotatable bonds is 6. The summed E-state index contributed by atoms with van der Waals surface area (Å²) >= 11 is 1.38. The highest BCUT2D eigenvalue weighted by Crippen LogP contribution is 2.21. The van der Waals surface area contributed by atoms with Gasteiger partial charge in [0.2, 0.25) is 5.91 Å². The van der Waals surface area contributed by atoms with Gasteiger partial charge in [0.25, 0.3) is 5.56 Å². The molecule has 1 amide bonds. The first kappa shape index (κ1) is 19.2. The molecule has 3 aromatic heterocycles. The molecule has 27 heavy (non-hydrogen) atoms. The third kappa shape index (κ3) is 4.57. The maximum atomic E-state index is 12.9. The number of fused-ring (bicyclic) bond motifs is 1. The summed E-state index contributed by atoms with van der Waals surface area (Å²) in [5.41, 5.74) is -0.450. The number of halogens is 3. The van der Waals surface area contributed by atoms with Crippen LogP contribution in [0.25, 0.3) is 10.2 Å². The predicted octanol–water partition coefficient (Wildman–Crippen LogP) is 3.20. The highest BCUT2D eigenvalue weighted by atomic mass is 32.1. The Labute approximate surface area is 155 Å². The molecule has 0 aliphatic carbocycles. The van der Waals surface area contributed by atoms with Crippen LogP contribution in [0.4, 0.5) is 13.2 Å². The number of carbonyl (C=O) groups is 1. The number of aromatic nitrogens is 2. The molecular formula is C17H16F3N3O3S. The summed E-state index contributed by atoms with van der Waals surface area (Å²) in [6.45, 7) is -0.365. The van der Waals surface area contributed by atoms with Gasteiger partial charge in [-0.3, -0.25) is 14.2 Å². The van der Waals surface area contributed by atoms with Crippen LogP contribution < -0.4 is 5.56 Å². The summed E-state index contributed by atoms with van der Waals surface area (Å²) in [5.74, 6) is -0.628. The van der Waals surface area contributed by atoms with Crippen LogP contribution in [0.2, 0.25) is 0 Å². The first-order valence-corrected chi connectivity index (χ1v) is 8.93. The highest BCUT2D eigenvalue weighted by Gasteiger charge is 2.33. The molecule has 6 nitrogen and oxygen atoms in total. The molecule has 0 N–H and O–H groups in total. The fraction of sp³-hybridized carbons (Fsp3) is 0.353. The minimum atomic E-state index is -4.57. The van der Waals surface area contributed by atoms with Gasteiger partial charge >= 0.3 is 6.18 Å². The molecule has 0 spiro atoms. The molecule has 144 valence electrons. The summed E-state index contributed by atoms with van der Waals surface area (Å²) in [7, 11) is 0. The first-order chi connectivity index (χ1) is 12.8. The summed E-state index contributed by atoms with van der Waals surface area (Å²) < 4.78 is 44.6. The lowest BCUT2D eigenvalue weighted by atomic mass is 10.3. The van der Waals surface area contributed by atoms with Crippen LogP contribution in [0, 0.1) is 0 Å². The van der Waals surface area contributed by atoms with E-state index in [0.29, 0.717) is 15.1 Å². The minimum absolute atomic E-state index is 0.221. The van der Waals surface area contributed by atoms with Gasteiger partial charge in [-0.1, -0.05) is 6.92 Å². The van der Waals surface area contributed by atoms with Crippen molar-refractivity contribution >= 4 is 27.5 Å². The minimum Gasteiger partial charge on any atom is -0.467 e. The van der Waals surface area contributed by atoms with Crippen molar-refractivity contribution < 1.29 is 22.4 Å². The Bertz CT molecular complexity index is 992. The number of thiophene rings is 1. The zero-order chi connectivity index (χ0) is 19.6. The van der Waals surface area contributed by atoms with Crippen molar-refractivity contribution in [2.75, 3.05) is 6.54 Å². The standard InChI is InChI=1S/C17H16F3N3O3S/c1-2-12-6-13-15(27-12)21-10-23(16(13)25)8-14(24)22(9-17(18,19)20)7-11-4-3-5-26-11/h3-6,10H,2,7-9H2,1H3. The smallest absolute Gasteiger partial charge is 0.406 e. The third-order valence-corrected chi connectivity index (χ3v) is 5.06. The van der Waals surface area contributed by atoms with E-state index in [1.807, 2.05) is 6.92 Å². The van der Waals surface area contributed by atoms with Gasteiger partial charge in [-0.25, -0.2) is 4.98 Å². The first-order valence-electron chi connectivity index (χ1n) is 8.11. The average molecular weight is 399 g/mol. The van der Waals surface area contributed by atoms with Crippen LogP contribution in [0.5, 0.6) is 0 Å². The van der Waals surface area contributed by atoms with Gasteiger partial charge in [0.15, 0.2) is 0 Å². The third-order valence-electron chi connectivity index (χ3n) is 3.87. The van der Waals surface area contributed by atoms with E-state index in [1.165, 1.54) is 36.1 Å². The molecule has 3 aromatic rings. The number of amides is 1. The van der Waals surface area contributed by atoms with Crippen LogP contribution in [-0.2, 0) is 24.3 Å². The molecule has 0 saturated heterocycles. The quantitative estimate of drug-likeness (QED) is 0.638. The van der Waals surface area contributed by atoms with Crippen molar-refractivity contribution in [2.45, 2.75) is 32.6 Å². The molecule has 0 saturated carbocycles. The van der Waals surface area contributed by atoms with Gasteiger partial charge in [0, 0.05) is 4.88 Å². The molecule has 0 unspecified atom stereocenters. The molecule has 0 aromatic carbocycles. The second-order valence-electron chi connectivity index (χ2n) is 5.91. The van der Waals surface area contributed by atoms with Crippen LogP contribution in [-0.4, -0.2) is 33.1 Å². The van der Waals surface area contributed by atoms with Gasteiger partial charge in [0.1, 0.15) is 23.7 Å². The second-order valence-corrected chi connectivity index (χ2v) is 7.02. The van der Waals surface area contributed by atoms with Crippen molar-refractivity contribution in [3.63, 3.8) is 0 Å². The number of furan rings is 1. The van der Waals surface area contributed by atoms with Crippen molar-refractivity contribution in [3.8, 4) is 0 Å². The maximum Gasteiger partial charge on any atom is 0.406 e. The summed E-state index contributed by atoms with van der Waals surface area (Å²) in [6.07, 6.45) is -1.33. The Kier molecular flexibility index (Phi) is 5.36. The van der Waals surface area contributed by atoms with Crippen LogP contribution in [0.15, 0.2) is 40.0 Å². The lowest BCUT2D eigenvalue weighted by molar-refractivity contribution is -0.163. The molecule has 0 bridgehead atoms. The van der Waals surface area contributed by atoms with E-state index in [9.17, 15) is 22.8 Å². The normalized spacial score (nSPS) is 11.9. The topological polar surface area (TPSA) is 68.3 Å². The number of hydrogen-bond acceptors (Lipinski definition) is 5. The summed E-state index contributed by atoms with van der Waals surface area (Å²) in [6, 6.07) is 4.70. The largest absolute Gasteiger partial charge is 0.467 e. The maximum absolute atomic E-state index is 12.9. The van der Waals surface area contributed by atoms with E-state index in [0.717, 1.165) is 15.9 Å². The Hall–Kier alpha value is -2.62. The zero-order valence-electron chi connectivity index (χ0n) is 14.3. The highest BCUT2D eigenvalue weighted by molar-refractivity contribution is 7.18. The van der Waals surface area contributed by atoms with E-state index >= 15 is 0 Å². The van der Waals surface area contributed by atoms with Gasteiger partial charge in [-0.05, 0) is 24.6 Å². The molecule has 0 atom stereocenters. The number of nitrogens with zero attached hydrogens (tertiary/aromatic N) is 3. The summed E-state index contributed by atoms with van der Waals surface area (Å²) in [4.78, 5) is 31.3. The van der Waals surface area contributed by atoms with E-state index in [1.54, 1.807) is 6.07 Å². The molecule has 0 aliphatic heterocycles. The fourth-order valence-electron chi connectivity index (χ4n) is 2.58. The number of hydrogen-bond donors (Lipinski definition) is 0. The Balaban J connectivity index is 1.85. The number of alkyl halides is 3. The van der Waals surface area contributed by atoms with Crippen molar-refractivity contribution in [2.24, 2.45) is 0 Å². The average Bonchev–Trinajstić information content (AvgIpc) is 3.25. The van der Waals surface area contributed by atoms with Crippen molar-refractivity contribution in [3.05, 3.63) is 51.8 Å². The molecule has 0 fully saturated rings. The van der Waals surface area contributed by atoms with E-state index in [-0.39, 0.29) is 12.3 Å². The number of aryl methyl sites for hydroxylation is 1. The Morgan fingerprint density at radius 3 is 2.81 bits per heavy atom. The van der Waals surface area contributed by atoms with Crippen molar-refractivity contribution in [1.29, 1.82) is 0 Å². The molecule has 0 aliphatic rings. The van der Waals surface area contributed by atoms with E-state index in [2.05, 4.69) is 4.98 Å². The van der Waals surface area contributed by atoms with Gasteiger partial charge in [-0.2, -0.15) is 13.2 Å². The molecule has 10 heteroatoms. The SMILES string of the molecule is CCc1cc2c(=O)n(CC(=O)N(Cc3ccco3)CC(F)(F)F)cnc2s1. The lowest BCUT2D eigenvalue weighted by Gasteiger charge is -2.23. The Morgan fingerprint density at radius 1 is 1.41 bits per heavy atom. The summed E-state index contributed by atoms with van der Waals surface area (Å²) in [5, 5.41) is 0.362.